The third kappa shape index (κ3) is 0.378. The van der Waals surface area contributed by atoms with E-state index in [2.05, 4.69) is 6.92 Å². The van der Waals surface area contributed by atoms with E-state index in [4.69, 9.17) is 0 Å². The second-order valence-corrected chi connectivity index (χ2v) is 4.64. The highest BCUT2D eigenvalue weighted by Gasteiger charge is 2.66. The molecule has 10 heavy (non-hydrogen) atoms. The molecule has 3 aliphatic rings. The molecule has 5 unspecified atom stereocenters. The first-order valence-corrected chi connectivity index (χ1v) is 4.43. The van der Waals surface area contributed by atoms with Crippen molar-refractivity contribution in [1.29, 1.82) is 0 Å². The molecule has 0 heterocycles. The number of fused-ring (bicyclic) bond motifs is 1. The van der Waals surface area contributed by atoms with E-state index in [-0.39, 0.29) is 5.60 Å². The molecule has 0 spiro atoms. The van der Waals surface area contributed by atoms with Gasteiger partial charge in [0.25, 0.3) is 0 Å². The molecule has 0 aromatic rings. The average molecular weight is 138 g/mol. The van der Waals surface area contributed by atoms with E-state index >= 15 is 0 Å². The first kappa shape index (κ1) is 5.59. The van der Waals surface area contributed by atoms with Gasteiger partial charge in [0.05, 0.1) is 5.60 Å². The fourth-order valence-electron chi connectivity index (χ4n) is 3.73. The number of hydrogen-bond donors (Lipinski definition) is 1. The summed E-state index contributed by atoms with van der Waals surface area (Å²) in [5, 5.41) is 9.87. The molecule has 0 aromatic carbocycles. The van der Waals surface area contributed by atoms with E-state index in [0.29, 0.717) is 5.92 Å². The van der Waals surface area contributed by atoms with Gasteiger partial charge in [0.1, 0.15) is 0 Å². The molecule has 2 bridgehead atoms. The minimum atomic E-state index is -0.165. The maximum atomic E-state index is 9.87. The minimum Gasteiger partial charge on any atom is -0.390 e. The summed E-state index contributed by atoms with van der Waals surface area (Å²) >= 11 is 0. The van der Waals surface area contributed by atoms with Gasteiger partial charge in [0.15, 0.2) is 0 Å². The number of aliphatic hydroxyl groups is 1. The molecule has 3 rings (SSSR count). The van der Waals surface area contributed by atoms with Crippen molar-refractivity contribution < 1.29 is 5.11 Å². The molecular formula is C9H14O. The molecule has 56 valence electrons. The second-order valence-electron chi connectivity index (χ2n) is 4.64. The highest BCUT2D eigenvalue weighted by Crippen LogP contribution is 2.67. The topological polar surface area (TPSA) is 20.2 Å². The van der Waals surface area contributed by atoms with Gasteiger partial charge in [-0.1, -0.05) is 6.92 Å². The van der Waals surface area contributed by atoms with Crippen molar-refractivity contribution in [3.63, 3.8) is 0 Å². The van der Waals surface area contributed by atoms with E-state index in [1.54, 1.807) is 0 Å². The lowest BCUT2D eigenvalue weighted by Crippen LogP contribution is -2.54. The Morgan fingerprint density at radius 2 is 2.20 bits per heavy atom. The molecule has 5 atom stereocenters. The standard InChI is InChI=1S/C9H14O/c1-5-6-2-8-7(5)4-9(8,10)3-6/h5-8,10H,2-4H2,1H3. The van der Waals surface area contributed by atoms with E-state index in [9.17, 15) is 5.11 Å². The summed E-state index contributed by atoms with van der Waals surface area (Å²) in [4.78, 5) is 0. The Hall–Kier alpha value is -0.0400. The van der Waals surface area contributed by atoms with Gasteiger partial charge < -0.3 is 5.11 Å². The van der Waals surface area contributed by atoms with Gasteiger partial charge in [-0.2, -0.15) is 0 Å². The van der Waals surface area contributed by atoms with Crippen LogP contribution in [0.4, 0.5) is 0 Å². The van der Waals surface area contributed by atoms with Crippen molar-refractivity contribution in [2.45, 2.75) is 31.8 Å². The van der Waals surface area contributed by atoms with Crippen molar-refractivity contribution in [2.75, 3.05) is 0 Å². The van der Waals surface area contributed by atoms with Crippen LogP contribution in [0.5, 0.6) is 0 Å². The summed E-state index contributed by atoms with van der Waals surface area (Å²) in [5.41, 5.74) is -0.165. The average Bonchev–Trinajstić information content (AvgIpc) is 2.22. The van der Waals surface area contributed by atoms with Crippen LogP contribution in [-0.2, 0) is 0 Å². The fraction of sp³-hybridized carbons (Fsp3) is 1.00. The largest absolute Gasteiger partial charge is 0.390 e. The van der Waals surface area contributed by atoms with Gasteiger partial charge in [0.2, 0.25) is 0 Å². The minimum absolute atomic E-state index is 0.165. The zero-order valence-electron chi connectivity index (χ0n) is 6.38. The van der Waals surface area contributed by atoms with E-state index in [1.807, 2.05) is 0 Å². The molecule has 3 aliphatic carbocycles. The van der Waals surface area contributed by atoms with Crippen LogP contribution >= 0.6 is 0 Å². The van der Waals surface area contributed by atoms with Gasteiger partial charge in [-0.05, 0) is 42.9 Å². The van der Waals surface area contributed by atoms with Crippen LogP contribution in [0.3, 0.4) is 0 Å². The molecular weight excluding hydrogens is 124 g/mol. The number of rotatable bonds is 0. The Balaban J connectivity index is 2.01. The van der Waals surface area contributed by atoms with Crippen LogP contribution in [-0.4, -0.2) is 10.7 Å². The molecule has 3 fully saturated rings. The number of hydrogen-bond acceptors (Lipinski definition) is 1. The van der Waals surface area contributed by atoms with Crippen molar-refractivity contribution >= 4 is 0 Å². The van der Waals surface area contributed by atoms with Gasteiger partial charge >= 0.3 is 0 Å². The van der Waals surface area contributed by atoms with Crippen LogP contribution < -0.4 is 0 Å². The van der Waals surface area contributed by atoms with E-state index in [0.717, 1.165) is 30.6 Å². The molecule has 0 saturated heterocycles. The van der Waals surface area contributed by atoms with Gasteiger partial charge in [-0.15, -0.1) is 0 Å². The predicted octanol–water partition coefficient (Wildman–Crippen LogP) is 1.41. The summed E-state index contributed by atoms with van der Waals surface area (Å²) in [6, 6.07) is 0. The molecule has 0 aliphatic heterocycles. The Bertz CT molecular complexity index is 185. The zero-order valence-corrected chi connectivity index (χ0v) is 6.38. The lowest BCUT2D eigenvalue weighted by atomic mass is 9.57. The first-order valence-electron chi connectivity index (χ1n) is 4.43. The Kier molecular flexibility index (Phi) is 0.722. The van der Waals surface area contributed by atoms with E-state index in [1.165, 1.54) is 6.42 Å². The van der Waals surface area contributed by atoms with Crippen LogP contribution in [0.2, 0.25) is 0 Å². The summed E-state index contributed by atoms with van der Waals surface area (Å²) in [5.74, 6) is 3.43. The van der Waals surface area contributed by atoms with E-state index < -0.39 is 0 Å². The lowest BCUT2D eigenvalue weighted by Gasteiger charge is -2.52. The van der Waals surface area contributed by atoms with Crippen molar-refractivity contribution in [2.24, 2.45) is 23.7 Å². The van der Waals surface area contributed by atoms with Crippen LogP contribution in [0.25, 0.3) is 0 Å². The first-order chi connectivity index (χ1) is 4.71. The van der Waals surface area contributed by atoms with Crippen molar-refractivity contribution in [3.05, 3.63) is 0 Å². The maximum Gasteiger partial charge on any atom is 0.0684 e. The smallest absolute Gasteiger partial charge is 0.0684 e. The zero-order chi connectivity index (χ0) is 6.93. The Labute approximate surface area is 61.4 Å². The maximum absolute atomic E-state index is 9.87. The quantitative estimate of drug-likeness (QED) is 0.536. The van der Waals surface area contributed by atoms with Gasteiger partial charge in [-0.3, -0.25) is 0 Å². The van der Waals surface area contributed by atoms with Gasteiger partial charge in [0, 0.05) is 0 Å². The summed E-state index contributed by atoms with van der Waals surface area (Å²) in [6.07, 6.45) is 3.58. The summed E-state index contributed by atoms with van der Waals surface area (Å²) in [7, 11) is 0. The summed E-state index contributed by atoms with van der Waals surface area (Å²) < 4.78 is 0. The Morgan fingerprint density at radius 1 is 1.40 bits per heavy atom. The molecule has 1 nitrogen and oxygen atoms in total. The van der Waals surface area contributed by atoms with Crippen molar-refractivity contribution in [1.82, 2.24) is 0 Å². The predicted molar refractivity (Wildman–Crippen MR) is 38.4 cm³/mol. The van der Waals surface area contributed by atoms with Crippen LogP contribution in [0, 0.1) is 23.7 Å². The molecule has 0 radical (unpaired) electrons. The monoisotopic (exact) mass is 138 g/mol. The van der Waals surface area contributed by atoms with Crippen LogP contribution in [0.15, 0.2) is 0 Å². The Morgan fingerprint density at radius 3 is 2.60 bits per heavy atom. The van der Waals surface area contributed by atoms with Crippen LogP contribution in [0.1, 0.15) is 26.2 Å². The van der Waals surface area contributed by atoms with Gasteiger partial charge in [-0.25, -0.2) is 0 Å². The third-order valence-corrected chi connectivity index (χ3v) is 4.39. The molecule has 3 saturated carbocycles. The molecule has 1 N–H and O–H groups in total. The lowest BCUT2D eigenvalue weighted by molar-refractivity contribution is -0.149. The third-order valence-electron chi connectivity index (χ3n) is 4.39. The second kappa shape index (κ2) is 1.29. The SMILES string of the molecule is CC1C2CC3C1CC3(O)C2. The highest BCUT2D eigenvalue weighted by molar-refractivity contribution is 5.16. The molecule has 0 aromatic heterocycles. The van der Waals surface area contributed by atoms with Crippen molar-refractivity contribution in [3.8, 4) is 0 Å². The normalized spacial score (nSPS) is 70.2. The summed E-state index contributed by atoms with van der Waals surface area (Å²) in [6.45, 7) is 2.37. The highest BCUT2D eigenvalue weighted by atomic mass is 16.3. The fourth-order valence-corrected chi connectivity index (χ4v) is 3.73. The molecule has 0 amide bonds. The molecule has 1 heteroatoms.